The first-order chi connectivity index (χ1) is 13.8. The zero-order chi connectivity index (χ0) is 21.0. The smallest absolute Gasteiger partial charge is 0.321 e. The zero-order valence-corrected chi connectivity index (χ0v) is 16.7. The molecule has 1 aliphatic heterocycles. The number of amides is 3. The third kappa shape index (κ3) is 5.44. The van der Waals surface area contributed by atoms with Crippen LogP contribution in [0.4, 0.5) is 25.0 Å². The average Bonchev–Trinajstić information content (AvgIpc) is 2.71. The van der Waals surface area contributed by atoms with Crippen LogP contribution in [0, 0.1) is 23.5 Å². The van der Waals surface area contributed by atoms with E-state index in [0.29, 0.717) is 36.6 Å². The van der Waals surface area contributed by atoms with Gasteiger partial charge >= 0.3 is 6.03 Å². The van der Waals surface area contributed by atoms with Crippen molar-refractivity contribution in [3.63, 3.8) is 0 Å². The lowest BCUT2D eigenvalue weighted by molar-refractivity contribution is -0.121. The van der Waals surface area contributed by atoms with Crippen LogP contribution in [0.3, 0.4) is 0 Å². The Morgan fingerprint density at radius 2 is 1.72 bits per heavy atom. The predicted octanol–water partition coefficient (Wildman–Crippen LogP) is 5.14. The number of benzene rings is 2. The van der Waals surface area contributed by atoms with Crippen molar-refractivity contribution in [2.45, 2.75) is 19.8 Å². The summed E-state index contributed by atoms with van der Waals surface area (Å²) in [5, 5.41) is 5.94. The fourth-order valence-corrected chi connectivity index (χ4v) is 3.52. The van der Waals surface area contributed by atoms with E-state index in [-0.39, 0.29) is 29.5 Å². The van der Waals surface area contributed by atoms with Gasteiger partial charge in [0.2, 0.25) is 5.91 Å². The molecule has 8 heteroatoms. The first-order valence-corrected chi connectivity index (χ1v) is 9.78. The Balaban J connectivity index is 1.50. The number of anilines is 2. The second-order valence-corrected chi connectivity index (χ2v) is 7.60. The molecule has 0 spiro atoms. The van der Waals surface area contributed by atoms with Crippen LogP contribution in [-0.4, -0.2) is 29.9 Å². The second kappa shape index (κ2) is 9.22. The number of rotatable bonds is 4. The highest BCUT2D eigenvalue weighted by Gasteiger charge is 2.30. The second-order valence-electron chi connectivity index (χ2n) is 7.16. The molecule has 1 fully saturated rings. The van der Waals surface area contributed by atoms with Gasteiger partial charge in [0, 0.05) is 35.8 Å². The summed E-state index contributed by atoms with van der Waals surface area (Å²) in [5.74, 6) is -2.12. The quantitative estimate of drug-likeness (QED) is 0.718. The number of halogens is 3. The van der Waals surface area contributed by atoms with Crippen molar-refractivity contribution < 1.29 is 18.4 Å². The molecule has 5 nitrogen and oxygen atoms in total. The summed E-state index contributed by atoms with van der Waals surface area (Å²) in [6.45, 7) is 2.82. The summed E-state index contributed by atoms with van der Waals surface area (Å²) in [6.07, 6.45) is 1.32. The highest BCUT2D eigenvalue weighted by atomic mass is 35.5. The average molecular weight is 422 g/mol. The molecule has 29 heavy (non-hydrogen) atoms. The number of nitrogens with zero attached hydrogens (tertiary/aromatic N) is 1. The van der Waals surface area contributed by atoms with Crippen molar-refractivity contribution in [3.8, 4) is 0 Å². The number of piperidine rings is 1. The SMILES string of the molecule is CC(C(=O)Nc1ccc(F)cc1F)C1CCN(C(=O)Nc2ccc(Cl)cc2)CC1. The van der Waals surface area contributed by atoms with Gasteiger partial charge in [0.25, 0.3) is 0 Å². The summed E-state index contributed by atoms with van der Waals surface area (Å²) >= 11 is 5.84. The van der Waals surface area contributed by atoms with Crippen molar-refractivity contribution in [2.24, 2.45) is 11.8 Å². The van der Waals surface area contributed by atoms with Crippen molar-refractivity contribution >= 4 is 34.9 Å². The summed E-state index contributed by atoms with van der Waals surface area (Å²) in [4.78, 5) is 26.6. The van der Waals surface area contributed by atoms with Crippen LogP contribution in [-0.2, 0) is 4.79 Å². The highest BCUT2D eigenvalue weighted by Crippen LogP contribution is 2.27. The maximum absolute atomic E-state index is 13.7. The lowest BCUT2D eigenvalue weighted by atomic mass is 9.85. The first kappa shape index (κ1) is 21.0. The van der Waals surface area contributed by atoms with Crippen LogP contribution < -0.4 is 10.6 Å². The van der Waals surface area contributed by atoms with E-state index in [1.54, 1.807) is 36.1 Å². The fourth-order valence-electron chi connectivity index (χ4n) is 3.39. The first-order valence-electron chi connectivity index (χ1n) is 9.41. The molecule has 154 valence electrons. The van der Waals surface area contributed by atoms with E-state index in [4.69, 9.17) is 11.6 Å². The van der Waals surface area contributed by atoms with E-state index in [1.165, 1.54) is 6.07 Å². The van der Waals surface area contributed by atoms with Crippen LogP contribution in [0.5, 0.6) is 0 Å². The Morgan fingerprint density at radius 1 is 1.07 bits per heavy atom. The van der Waals surface area contributed by atoms with Gasteiger partial charge in [-0.2, -0.15) is 0 Å². The van der Waals surface area contributed by atoms with E-state index in [2.05, 4.69) is 10.6 Å². The van der Waals surface area contributed by atoms with E-state index < -0.39 is 11.6 Å². The van der Waals surface area contributed by atoms with Gasteiger partial charge < -0.3 is 15.5 Å². The molecule has 1 unspecified atom stereocenters. The van der Waals surface area contributed by atoms with Crippen LogP contribution in [0.25, 0.3) is 0 Å². The third-order valence-corrected chi connectivity index (χ3v) is 5.48. The number of hydrogen-bond acceptors (Lipinski definition) is 2. The van der Waals surface area contributed by atoms with E-state index >= 15 is 0 Å². The van der Waals surface area contributed by atoms with Gasteiger partial charge in [0.05, 0.1) is 5.69 Å². The standard InChI is InChI=1S/C21H22ClF2N3O2/c1-13(20(28)26-19-7-4-16(23)12-18(19)24)14-8-10-27(11-9-14)21(29)25-17-5-2-15(22)3-6-17/h2-7,12-14H,8-11H2,1H3,(H,25,29)(H,26,28). The number of nitrogens with one attached hydrogen (secondary N) is 2. The van der Waals surface area contributed by atoms with Crippen LogP contribution in [0.2, 0.25) is 5.02 Å². The molecule has 0 saturated carbocycles. The molecule has 0 aromatic heterocycles. The third-order valence-electron chi connectivity index (χ3n) is 5.23. The Labute approximate surface area is 173 Å². The van der Waals surface area contributed by atoms with Gasteiger partial charge in [0.15, 0.2) is 0 Å². The maximum atomic E-state index is 13.7. The molecule has 3 rings (SSSR count). The molecule has 1 saturated heterocycles. The Kier molecular flexibility index (Phi) is 6.69. The Bertz CT molecular complexity index is 884. The molecule has 1 heterocycles. The minimum absolute atomic E-state index is 0.0389. The molecule has 0 radical (unpaired) electrons. The van der Waals surface area contributed by atoms with Crippen molar-refractivity contribution in [3.05, 3.63) is 59.1 Å². The van der Waals surface area contributed by atoms with Gasteiger partial charge in [-0.25, -0.2) is 13.6 Å². The van der Waals surface area contributed by atoms with Crippen LogP contribution in [0.15, 0.2) is 42.5 Å². The molecule has 1 atom stereocenters. The van der Waals surface area contributed by atoms with Gasteiger partial charge in [-0.1, -0.05) is 18.5 Å². The molecule has 1 aliphatic rings. The zero-order valence-electron chi connectivity index (χ0n) is 15.9. The van der Waals surface area contributed by atoms with E-state index in [1.807, 2.05) is 0 Å². The largest absolute Gasteiger partial charge is 0.325 e. The Morgan fingerprint density at radius 3 is 2.34 bits per heavy atom. The molecule has 0 bridgehead atoms. The lowest BCUT2D eigenvalue weighted by Gasteiger charge is -2.34. The molecule has 0 aliphatic carbocycles. The van der Waals surface area contributed by atoms with E-state index in [0.717, 1.165) is 12.1 Å². The van der Waals surface area contributed by atoms with Crippen molar-refractivity contribution in [1.29, 1.82) is 0 Å². The number of likely N-dealkylation sites (tertiary alicyclic amines) is 1. The number of carbonyl (C=O) groups excluding carboxylic acids is 2. The normalized spacial score (nSPS) is 15.7. The Hall–Kier alpha value is -2.67. The maximum Gasteiger partial charge on any atom is 0.321 e. The topological polar surface area (TPSA) is 61.4 Å². The highest BCUT2D eigenvalue weighted by molar-refractivity contribution is 6.30. The number of urea groups is 1. The fraction of sp³-hybridized carbons (Fsp3) is 0.333. The van der Waals surface area contributed by atoms with Crippen LogP contribution in [0.1, 0.15) is 19.8 Å². The minimum atomic E-state index is -0.806. The summed E-state index contributed by atoms with van der Waals surface area (Å²) in [7, 11) is 0. The van der Waals surface area contributed by atoms with Gasteiger partial charge in [-0.15, -0.1) is 0 Å². The summed E-state index contributed by atoms with van der Waals surface area (Å²) in [6, 6.07) is 9.71. The summed E-state index contributed by atoms with van der Waals surface area (Å²) < 4.78 is 26.7. The molecular weight excluding hydrogens is 400 g/mol. The number of hydrogen-bond donors (Lipinski definition) is 2. The summed E-state index contributed by atoms with van der Waals surface area (Å²) in [5.41, 5.74) is 0.624. The van der Waals surface area contributed by atoms with Gasteiger partial charge in [-0.3, -0.25) is 4.79 Å². The minimum Gasteiger partial charge on any atom is -0.325 e. The molecule has 2 N–H and O–H groups in total. The van der Waals surface area contributed by atoms with Crippen LogP contribution >= 0.6 is 11.6 Å². The number of carbonyl (C=O) groups is 2. The monoisotopic (exact) mass is 421 g/mol. The molecular formula is C21H22ClF2N3O2. The predicted molar refractivity (Wildman–Crippen MR) is 109 cm³/mol. The molecule has 2 aromatic rings. The van der Waals surface area contributed by atoms with Gasteiger partial charge in [-0.05, 0) is 55.2 Å². The van der Waals surface area contributed by atoms with Gasteiger partial charge in [0.1, 0.15) is 11.6 Å². The van der Waals surface area contributed by atoms with Crippen molar-refractivity contribution in [2.75, 3.05) is 23.7 Å². The van der Waals surface area contributed by atoms with Crippen molar-refractivity contribution in [1.82, 2.24) is 4.90 Å². The molecule has 2 aromatic carbocycles. The lowest BCUT2D eigenvalue weighted by Crippen LogP contribution is -2.43. The van der Waals surface area contributed by atoms with E-state index in [9.17, 15) is 18.4 Å². The molecule has 3 amide bonds.